The molecule has 1 aromatic heterocycles. The minimum Gasteiger partial charge on any atom is -0.376 e. The van der Waals surface area contributed by atoms with Crippen LogP contribution < -0.4 is 5.32 Å². The molecule has 0 amide bonds. The molecule has 0 unspecified atom stereocenters. The number of nitrogens with zero attached hydrogens (tertiary/aromatic N) is 1. The lowest BCUT2D eigenvalue weighted by Crippen LogP contribution is -2.04. The molecule has 0 saturated carbocycles. The van der Waals surface area contributed by atoms with E-state index in [9.17, 15) is 0 Å². The van der Waals surface area contributed by atoms with Crippen LogP contribution in [-0.2, 0) is 0 Å². The maximum absolute atomic E-state index is 8.73. The highest BCUT2D eigenvalue weighted by molar-refractivity contribution is 7.14. The monoisotopic (exact) mass is 194 g/mol. The van der Waals surface area contributed by atoms with Gasteiger partial charge in [-0.2, -0.15) is 5.26 Å². The topological polar surface area (TPSA) is 35.8 Å². The highest BCUT2D eigenvalue weighted by Crippen LogP contribution is 2.22. The molecule has 0 fully saturated rings. The first-order valence-electron chi connectivity index (χ1n) is 4.45. The summed E-state index contributed by atoms with van der Waals surface area (Å²) in [6.07, 6.45) is 1.14. The van der Waals surface area contributed by atoms with Gasteiger partial charge in [0.1, 0.15) is 11.1 Å². The zero-order valence-electron chi connectivity index (χ0n) is 8.00. The Hall–Kier alpha value is -1.01. The molecule has 0 radical (unpaired) electrons. The van der Waals surface area contributed by atoms with Crippen molar-refractivity contribution in [3.63, 3.8) is 0 Å². The second-order valence-electron chi connectivity index (χ2n) is 3.38. The SMILES string of the molecule is CC(C)CCNc1sccc1C#N. The van der Waals surface area contributed by atoms with Crippen molar-refractivity contribution in [2.45, 2.75) is 20.3 Å². The Kier molecular flexibility index (Phi) is 3.78. The predicted octanol–water partition coefficient (Wildman–Crippen LogP) is 3.08. The molecular weight excluding hydrogens is 180 g/mol. The fraction of sp³-hybridized carbons (Fsp3) is 0.500. The number of nitrogens with one attached hydrogen (secondary N) is 1. The number of thiophene rings is 1. The Morgan fingerprint density at radius 1 is 1.62 bits per heavy atom. The van der Waals surface area contributed by atoms with E-state index >= 15 is 0 Å². The van der Waals surface area contributed by atoms with Crippen LogP contribution in [0.1, 0.15) is 25.8 Å². The van der Waals surface area contributed by atoms with Gasteiger partial charge in [0.15, 0.2) is 0 Å². The van der Waals surface area contributed by atoms with Gasteiger partial charge in [-0.3, -0.25) is 0 Å². The number of hydrogen-bond donors (Lipinski definition) is 1. The van der Waals surface area contributed by atoms with Crippen molar-refractivity contribution in [1.29, 1.82) is 5.26 Å². The molecule has 0 aromatic carbocycles. The molecule has 1 aromatic rings. The van der Waals surface area contributed by atoms with E-state index in [2.05, 4.69) is 25.2 Å². The van der Waals surface area contributed by atoms with Crippen molar-refractivity contribution >= 4 is 16.3 Å². The Balaban J connectivity index is 2.41. The fourth-order valence-electron chi connectivity index (χ4n) is 1.01. The predicted molar refractivity (Wildman–Crippen MR) is 57.0 cm³/mol. The lowest BCUT2D eigenvalue weighted by molar-refractivity contribution is 0.607. The molecule has 0 saturated heterocycles. The molecule has 0 spiro atoms. The van der Waals surface area contributed by atoms with Crippen LogP contribution in [0.3, 0.4) is 0 Å². The van der Waals surface area contributed by atoms with Crippen LogP contribution in [0.25, 0.3) is 0 Å². The normalized spacial score (nSPS) is 10.0. The maximum atomic E-state index is 8.73. The Labute approximate surface area is 83.2 Å². The maximum Gasteiger partial charge on any atom is 0.106 e. The number of nitriles is 1. The quantitative estimate of drug-likeness (QED) is 0.799. The number of rotatable bonds is 4. The first-order valence-corrected chi connectivity index (χ1v) is 5.33. The Morgan fingerprint density at radius 3 is 3.00 bits per heavy atom. The fourth-order valence-corrected chi connectivity index (χ4v) is 1.77. The average Bonchev–Trinajstić information content (AvgIpc) is 2.51. The van der Waals surface area contributed by atoms with Crippen molar-refractivity contribution < 1.29 is 0 Å². The first-order chi connectivity index (χ1) is 6.24. The molecule has 13 heavy (non-hydrogen) atoms. The number of anilines is 1. The molecule has 0 atom stereocenters. The molecule has 70 valence electrons. The summed E-state index contributed by atoms with van der Waals surface area (Å²) in [4.78, 5) is 0. The second kappa shape index (κ2) is 4.88. The van der Waals surface area contributed by atoms with Crippen molar-refractivity contribution in [1.82, 2.24) is 0 Å². The molecule has 0 aliphatic carbocycles. The molecule has 0 bridgehead atoms. The third-order valence-corrected chi connectivity index (χ3v) is 2.67. The molecule has 3 heteroatoms. The molecule has 0 aliphatic rings. The summed E-state index contributed by atoms with van der Waals surface area (Å²) >= 11 is 1.59. The highest BCUT2D eigenvalue weighted by Gasteiger charge is 2.02. The van der Waals surface area contributed by atoms with Crippen LogP contribution in [0, 0.1) is 17.2 Å². The first kappa shape index (κ1) is 10.1. The van der Waals surface area contributed by atoms with E-state index in [0.29, 0.717) is 5.92 Å². The zero-order chi connectivity index (χ0) is 9.68. The lowest BCUT2D eigenvalue weighted by atomic mass is 10.1. The van der Waals surface area contributed by atoms with Gasteiger partial charge < -0.3 is 5.32 Å². The molecule has 1 N–H and O–H groups in total. The highest BCUT2D eigenvalue weighted by atomic mass is 32.1. The minimum atomic E-state index is 0.706. The summed E-state index contributed by atoms with van der Waals surface area (Å²) in [5, 5.41) is 14.9. The summed E-state index contributed by atoms with van der Waals surface area (Å²) in [5.41, 5.74) is 0.758. The smallest absolute Gasteiger partial charge is 0.106 e. The average molecular weight is 194 g/mol. The minimum absolute atomic E-state index is 0.706. The summed E-state index contributed by atoms with van der Waals surface area (Å²) in [6, 6.07) is 4.01. The van der Waals surface area contributed by atoms with Crippen LogP contribution in [0.5, 0.6) is 0 Å². The van der Waals surface area contributed by atoms with Gasteiger partial charge in [-0.05, 0) is 23.8 Å². The second-order valence-corrected chi connectivity index (χ2v) is 4.30. The van der Waals surface area contributed by atoms with Gasteiger partial charge in [-0.15, -0.1) is 11.3 Å². The standard InChI is InChI=1S/C10H14N2S/c1-8(2)3-5-12-10-9(7-11)4-6-13-10/h4,6,8,12H,3,5H2,1-2H3. The summed E-state index contributed by atoms with van der Waals surface area (Å²) < 4.78 is 0. The van der Waals surface area contributed by atoms with E-state index in [1.807, 2.05) is 11.4 Å². The van der Waals surface area contributed by atoms with Crippen LogP contribution in [-0.4, -0.2) is 6.54 Å². The summed E-state index contributed by atoms with van der Waals surface area (Å²) in [7, 11) is 0. The van der Waals surface area contributed by atoms with E-state index in [4.69, 9.17) is 5.26 Å². The third-order valence-electron chi connectivity index (χ3n) is 1.79. The number of hydrogen-bond acceptors (Lipinski definition) is 3. The summed E-state index contributed by atoms with van der Waals surface area (Å²) in [6.45, 7) is 5.34. The third kappa shape index (κ3) is 3.08. The molecule has 1 heterocycles. The van der Waals surface area contributed by atoms with Crippen molar-refractivity contribution in [3.8, 4) is 6.07 Å². The van der Waals surface area contributed by atoms with Crippen molar-refractivity contribution in [2.75, 3.05) is 11.9 Å². The van der Waals surface area contributed by atoms with Gasteiger partial charge in [0, 0.05) is 6.54 Å². The van der Waals surface area contributed by atoms with E-state index in [-0.39, 0.29) is 0 Å². The lowest BCUT2D eigenvalue weighted by Gasteiger charge is -2.06. The van der Waals surface area contributed by atoms with E-state index < -0.39 is 0 Å². The van der Waals surface area contributed by atoms with E-state index in [1.54, 1.807) is 11.3 Å². The van der Waals surface area contributed by atoms with Gasteiger partial charge >= 0.3 is 0 Å². The zero-order valence-corrected chi connectivity index (χ0v) is 8.82. The van der Waals surface area contributed by atoms with Gasteiger partial charge in [-0.1, -0.05) is 13.8 Å². The van der Waals surface area contributed by atoms with Crippen LogP contribution >= 0.6 is 11.3 Å². The Morgan fingerprint density at radius 2 is 2.38 bits per heavy atom. The van der Waals surface area contributed by atoms with Crippen LogP contribution in [0.15, 0.2) is 11.4 Å². The van der Waals surface area contributed by atoms with Gasteiger partial charge in [0.25, 0.3) is 0 Å². The Bertz CT molecular complexity index is 296. The van der Waals surface area contributed by atoms with Crippen molar-refractivity contribution in [2.24, 2.45) is 5.92 Å². The molecule has 2 nitrogen and oxygen atoms in total. The molecule has 1 rings (SSSR count). The summed E-state index contributed by atoms with van der Waals surface area (Å²) in [5.74, 6) is 0.706. The van der Waals surface area contributed by atoms with E-state index in [0.717, 1.165) is 23.5 Å². The van der Waals surface area contributed by atoms with Gasteiger partial charge in [0.2, 0.25) is 0 Å². The van der Waals surface area contributed by atoms with Crippen LogP contribution in [0.2, 0.25) is 0 Å². The van der Waals surface area contributed by atoms with Gasteiger partial charge in [-0.25, -0.2) is 0 Å². The van der Waals surface area contributed by atoms with Crippen molar-refractivity contribution in [3.05, 3.63) is 17.0 Å². The van der Waals surface area contributed by atoms with E-state index in [1.165, 1.54) is 0 Å². The molecular formula is C10H14N2S. The van der Waals surface area contributed by atoms with Gasteiger partial charge in [0.05, 0.1) is 5.56 Å². The largest absolute Gasteiger partial charge is 0.376 e. The molecule has 0 aliphatic heterocycles. The van der Waals surface area contributed by atoms with Crippen LogP contribution in [0.4, 0.5) is 5.00 Å².